The van der Waals surface area contributed by atoms with Crippen molar-refractivity contribution in [2.75, 3.05) is 7.11 Å². The van der Waals surface area contributed by atoms with E-state index in [0.717, 1.165) is 5.39 Å². The van der Waals surface area contributed by atoms with Crippen LogP contribution in [0.15, 0.2) is 33.5 Å². The van der Waals surface area contributed by atoms with Crippen molar-refractivity contribution in [2.24, 2.45) is 0 Å². The van der Waals surface area contributed by atoms with E-state index in [2.05, 4.69) is 0 Å². The van der Waals surface area contributed by atoms with Crippen LogP contribution in [-0.2, 0) is 4.74 Å². The van der Waals surface area contributed by atoms with Gasteiger partial charge >= 0.3 is 5.63 Å². The summed E-state index contributed by atoms with van der Waals surface area (Å²) in [7, 11) is 1.51. The molecule has 20 heavy (non-hydrogen) atoms. The number of benzene rings is 1. The number of fused-ring (bicyclic) bond motifs is 1. The molecule has 5 nitrogen and oxygen atoms in total. The van der Waals surface area contributed by atoms with E-state index in [-0.39, 0.29) is 11.7 Å². The molecule has 0 unspecified atom stereocenters. The Kier molecular flexibility index (Phi) is 2.84. The van der Waals surface area contributed by atoms with Crippen molar-refractivity contribution in [3.05, 3.63) is 40.2 Å². The number of hydrogen-bond donors (Lipinski definition) is 1. The number of rotatable bonds is 3. The van der Waals surface area contributed by atoms with Crippen molar-refractivity contribution in [3.63, 3.8) is 0 Å². The molecular weight excluding hydrogens is 260 g/mol. The molecule has 0 aliphatic carbocycles. The number of methoxy groups -OCH3 is 1. The molecule has 1 aliphatic heterocycles. The van der Waals surface area contributed by atoms with Crippen LogP contribution in [0.25, 0.3) is 11.0 Å². The molecule has 1 aromatic carbocycles. The first kappa shape index (κ1) is 13.1. The fourth-order valence-corrected chi connectivity index (χ4v) is 2.42. The third-order valence-electron chi connectivity index (χ3n) is 3.64. The molecule has 0 amide bonds. The lowest BCUT2D eigenvalue weighted by molar-refractivity contribution is 0.133. The van der Waals surface area contributed by atoms with Crippen molar-refractivity contribution < 1.29 is 19.0 Å². The highest BCUT2D eigenvalue weighted by molar-refractivity contribution is 5.79. The molecular formula is C15H16O5. The second-order valence-corrected chi connectivity index (χ2v) is 5.47. The lowest BCUT2D eigenvalue weighted by atomic mass is 9.97. The zero-order valence-electron chi connectivity index (χ0n) is 11.5. The summed E-state index contributed by atoms with van der Waals surface area (Å²) in [5.74, 6) is 0.477. The molecule has 2 aromatic rings. The number of aliphatic hydroxyl groups is 1. The third-order valence-corrected chi connectivity index (χ3v) is 3.64. The lowest BCUT2D eigenvalue weighted by Crippen LogP contribution is -2.14. The molecule has 0 bridgehead atoms. The number of ether oxygens (including phenoxy) is 2. The molecule has 2 atom stereocenters. The van der Waals surface area contributed by atoms with Gasteiger partial charge in [-0.15, -0.1) is 0 Å². The van der Waals surface area contributed by atoms with E-state index >= 15 is 0 Å². The monoisotopic (exact) mass is 276 g/mol. The molecule has 5 heteroatoms. The highest BCUT2D eigenvalue weighted by Crippen LogP contribution is 2.46. The lowest BCUT2D eigenvalue weighted by Gasteiger charge is -2.14. The van der Waals surface area contributed by atoms with Gasteiger partial charge in [0.15, 0.2) is 0 Å². The van der Waals surface area contributed by atoms with Gasteiger partial charge < -0.3 is 19.0 Å². The normalized spacial score (nSPS) is 21.7. The van der Waals surface area contributed by atoms with Crippen LogP contribution in [-0.4, -0.2) is 23.9 Å². The summed E-state index contributed by atoms with van der Waals surface area (Å²) in [5.41, 5.74) is 0.313. The summed E-state index contributed by atoms with van der Waals surface area (Å²) in [4.78, 5) is 11.2. The summed E-state index contributed by atoms with van der Waals surface area (Å²) in [6.07, 6.45) is -1.04. The van der Waals surface area contributed by atoms with Crippen LogP contribution < -0.4 is 10.4 Å². The molecule has 106 valence electrons. The van der Waals surface area contributed by atoms with Crippen LogP contribution in [0.3, 0.4) is 0 Å². The molecule has 2 heterocycles. The average Bonchev–Trinajstić information content (AvgIpc) is 3.05. The van der Waals surface area contributed by atoms with E-state index in [4.69, 9.17) is 13.9 Å². The first-order valence-corrected chi connectivity index (χ1v) is 6.40. The fourth-order valence-electron chi connectivity index (χ4n) is 2.42. The SMILES string of the molecule is COc1cc2oc(=O)ccc2cc1[C@@H](O)[C@@H]1OC1(C)C. The molecule has 0 saturated carbocycles. The van der Waals surface area contributed by atoms with Gasteiger partial charge in [-0.2, -0.15) is 0 Å². The van der Waals surface area contributed by atoms with E-state index in [1.54, 1.807) is 18.2 Å². The van der Waals surface area contributed by atoms with Crippen LogP contribution in [0, 0.1) is 0 Å². The Morgan fingerprint density at radius 2 is 2.05 bits per heavy atom. The average molecular weight is 276 g/mol. The van der Waals surface area contributed by atoms with Crippen molar-refractivity contribution in [2.45, 2.75) is 31.7 Å². The van der Waals surface area contributed by atoms with Crippen molar-refractivity contribution >= 4 is 11.0 Å². The second kappa shape index (κ2) is 4.33. The zero-order chi connectivity index (χ0) is 14.5. The Hall–Kier alpha value is -1.85. The maximum Gasteiger partial charge on any atom is 0.336 e. The number of epoxide rings is 1. The van der Waals surface area contributed by atoms with E-state index in [0.29, 0.717) is 16.9 Å². The first-order valence-electron chi connectivity index (χ1n) is 6.40. The van der Waals surface area contributed by atoms with E-state index in [1.165, 1.54) is 13.2 Å². The molecule has 1 aromatic heterocycles. The van der Waals surface area contributed by atoms with Gasteiger partial charge in [-0.05, 0) is 26.0 Å². The van der Waals surface area contributed by atoms with E-state index in [9.17, 15) is 9.90 Å². The van der Waals surface area contributed by atoms with Crippen LogP contribution in [0.5, 0.6) is 5.75 Å². The molecule has 1 saturated heterocycles. The van der Waals surface area contributed by atoms with E-state index < -0.39 is 11.7 Å². The molecule has 3 rings (SSSR count). The van der Waals surface area contributed by atoms with Crippen LogP contribution in [0.2, 0.25) is 0 Å². The maximum absolute atomic E-state index is 11.2. The fraction of sp³-hybridized carbons (Fsp3) is 0.400. The van der Waals surface area contributed by atoms with Gasteiger partial charge in [0, 0.05) is 23.1 Å². The summed E-state index contributed by atoms with van der Waals surface area (Å²) in [5, 5.41) is 11.2. The molecule has 1 aliphatic rings. The Morgan fingerprint density at radius 1 is 1.35 bits per heavy atom. The van der Waals surface area contributed by atoms with Crippen molar-refractivity contribution in [1.82, 2.24) is 0 Å². The predicted molar refractivity (Wildman–Crippen MR) is 72.9 cm³/mol. The highest BCUT2D eigenvalue weighted by atomic mass is 16.6. The predicted octanol–water partition coefficient (Wildman–Crippen LogP) is 2.01. The van der Waals surface area contributed by atoms with Crippen LogP contribution in [0.4, 0.5) is 0 Å². The Bertz CT molecular complexity index is 716. The van der Waals surface area contributed by atoms with Gasteiger partial charge in [0.25, 0.3) is 0 Å². The van der Waals surface area contributed by atoms with Gasteiger partial charge in [-0.25, -0.2) is 4.79 Å². The minimum Gasteiger partial charge on any atom is -0.496 e. The Balaban J connectivity index is 2.10. The van der Waals surface area contributed by atoms with Gasteiger partial charge in [-0.3, -0.25) is 0 Å². The van der Waals surface area contributed by atoms with E-state index in [1.807, 2.05) is 13.8 Å². The van der Waals surface area contributed by atoms with Crippen molar-refractivity contribution in [3.8, 4) is 5.75 Å². The van der Waals surface area contributed by atoms with Gasteiger partial charge in [-0.1, -0.05) is 0 Å². The topological polar surface area (TPSA) is 72.2 Å². The smallest absolute Gasteiger partial charge is 0.336 e. The first-order chi connectivity index (χ1) is 9.42. The molecule has 1 fully saturated rings. The van der Waals surface area contributed by atoms with Crippen LogP contribution in [0.1, 0.15) is 25.5 Å². The largest absolute Gasteiger partial charge is 0.496 e. The summed E-state index contributed by atoms with van der Waals surface area (Å²) in [6, 6.07) is 6.39. The Labute approximate surface area is 115 Å². The summed E-state index contributed by atoms with van der Waals surface area (Å²) >= 11 is 0. The molecule has 0 spiro atoms. The van der Waals surface area contributed by atoms with Crippen LogP contribution >= 0.6 is 0 Å². The van der Waals surface area contributed by atoms with Gasteiger partial charge in [0.1, 0.15) is 23.5 Å². The number of aliphatic hydroxyl groups excluding tert-OH is 1. The van der Waals surface area contributed by atoms with Gasteiger partial charge in [0.05, 0.1) is 12.7 Å². The van der Waals surface area contributed by atoms with Crippen molar-refractivity contribution in [1.29, 1.82) is 0 Å². The molecule has 1 N–H and O–H groups in total. The summed E-state index contributed by atoms with van der Waals surface area (Å²) < 4.78 is 15.9. The standard InChI is InChI=1S/C15H16O5/c1-15(2)14(20-15)13(17)9-6-8-4-5-12(16)19-10(8)7-11(9)18-3/h4-7,13-14,17H,1-3H3/t13-,14+/m1/s1. The quantitative estimate of drug-likeness (QED) is 0.686. The number of hydrogen-bond acceptors (Lipinski definition) is 5. The Morgan fingerprint density at radius 3 is 2.65 bits per heavy atom. The highest BCUT2D eigenvalue weighted by Gasteiger charge is 2.53. The second-order valence-electron chi connectivity index (χ2n) is 5.47. The zero-order valence-corrected chi connectivity index (χ0v) is 11.5. The third kappa shape index (κ3) is 2.09. The summed E-state index contributed by atoms with van der Waals surface area (Å²) in [6.45, 7) is 3.85. The molecule has 0 radical (unpaired) electrons. The maximum atomic E-state index is 11.2. The minimum atomic E-state index is -0.781. The minimum absolute atomic E-state index is 0.260. The van der Waals surface area contributed by atoms with Gasteiger partial charge in [0.2, 0.25) is 0 Å².